The Morgan fingerprint density at radius 3 is 2.28 bits per heavy atom. The van der Waals surface area contributed by atoms with Crippen LogP contribution in [0, 0.1) is 13.8 Å². The van der Waals surface area contributed by atoms with Crippen molar-refractivity contribution in [3.8, 4) is 5.75 Å². The van der Waals surface area contributed by atoms with E-state index in [2.05, 4.69) is 10.0 Å². The molecule has 0 aliphatic rings. The molecule has 0 spiro atoms. The summed E-state index contributed by atoms with van der Waals surface area (Å²) in [5, 5.41) is 3.34. The van der Waals surface area contributed by atoms with Gasteiger partial charge in [0.2, 0.25) is 0 Å². The summed E-state index contributed by atoms with van der Waals surface area (Å²) in [5.41, 5.74) is 2.79. The van der Waals surface area contributed by atoms with Crippen LogP contribution in [0.4, 0.5) is 11.4 Å². The third kappa shape index (κ3) is 6.02. The van der Waals surface area contributed by atoms with Gasteiger partial charge in [0.25, 0.3) is 15.9 Å². The Morgan fingerprint density at radius 1 is 1.00 bits per heavy atom. The molecule has 0 aliphatic heterocycles. The maximum absolute atomic E-state index is 12.8. The maximum Gasteiger partial charge on any atom is 0.265 e. The third-order valence-corrected chi connectivity index (χ3v) is 6.46. The molecule has 0 bridgehead atoms. The number of nitrogens with one attached hydrogen (secondary N) is 2. The third-order valence-electron chi connectivity index (χ3n) is 4.82. The number of ether oxygens (including phenoxy) is 1. The van der Waals surface area contributed by atoms with E-state index >= 15 is 0 Å². The average molecular weight is 473 g/mol. The van der Waals surface area contributed by atoms with Crippen LogP contribution in [0.15, 0.2) is 71.6 Å². The Morgan fingerprint density at radius 2 is 1.66 bits per heavy atom. The van der Waals surface area contributed by atoms with Crippen molar-refractivity contribution in [2.45, 2.75) is 38.2 Å². The molecule has 3 aromatic carbocycles. The fourth-order valence-electron chi connectivity index (χ4n) is 2.99. The lowest BCUT2D eigenvalue weighted by Crippen LogP contribution is -2.32. The topological polar surface area (TPSA) is 84.5 Å². The number of hydrogen-bond donors (Lipinski definition) is 2. The van der Waals surface area contributed by atoms with Crippen LogP contribution in [0.25, 0.3) is 0 Å². The number of benzene rings is 3. The second-order valence-electron chi connectivity index (χ2n) is 7.41. The molecule has 0 saturated carbocycles. The van der Waals surface area contributed by atoms with E-state index < -0.39 is 16.1 Å². The van der Waals surface area contributed by atoms with Crippen molar-refractivity contribution >= 4 is 38.9 Å². The van der Waals surface area contributed by atoms with Gasteiger partial charge in [-0.1, -0.05) is 30.7 Å². The minimum Gasteiger partial charge on any atom is -0.481 e. The highest BCUT2D eigenvalue weighted by Gasteiger charge is 2.20. The lowest BCUT2D eigenvalue weighted by molar-refractivity contribution is -0.122. The zero-order chi connectivity index (χ0) is 23.3. The largest absolute Gasteiger partial charge is 0.481 e. The van der Waals surface area contributed by atoms with Crippen LogP contribution in [0.2, 0.25) is 5.02 Å². The molecular weight excluding hydrogens is 448 g/mol. The Labute approximate surface area is 193 Å². The van der Waals surface area contributed by atoms with Crippen molar-refractivity contribution in [1.82, 2.24) is 0 Å². The van der Waals surface area contributed by atoms with Crippen LogP contribution < -0.4 is 14.8 Å². The summed E-state index contributed by atoms with van der Waals surface area (Å²) in [6.45, 7) is 5.58. The minimum absolute atomic E-state index is 0.0980. The molecule has 0 radical (unpaired) electrons. The van der Waals surface area contributed by atoms with E-state index in [1.165, 1.54) is 12.1 Å². The highest BCUT2D eigenvalue weighted by atomic mass is 35.5. The van der Waals surface area contributed by atoms with Gasteiger partial charge in [0.15, 0.2) is 6.10 Å². The standard InChI is InChI=1S/C24H25ClN2O4S/c1-4-23(31-20-11-7-18(25)8-12-20)24(28)26-19-9-13-21(14-10-19)32(29,30)27-22-15-16(2)5-6-17(22)3/h5-15,23,27H,4H2,1-3H3,(H,26,28)/t23-/m0/s1. The average Bonchev–Trinajstić information content (AvgIpc) is 2.76. The van der Waals surface area contributed by atoms with Crippen molar-refractivity contribution in [3.63, 3.8) is 0 Å². The summed E-state index contributed by atoms with van der Waals surface area (Å²) in [5.74, 6) is 0.210. The van der Waals surface area contributed by atoms with Gasteiger partial charge in [-0.15, -0.1) is 0 Å². The van der Waals surface area contributed by atoms with E-state index in [1.54, 1.807) is 42.5 Å². The first-order chi connectivity index (χ1) is 15.2. The number of aryl methyl sites for hydroxylation is 2. The molecular formula is C24H25ClN2O4S. The predicted octanol–water partition coefficient (Wildman–Crippen LogP) is 5.55. The van der Waals surface area contributed by atoms with Gasteiger partial charge in [0.1, 0.15) is 5.75 Å². The molecule has 1 amide bonds. The number of rotatable bonds is 8. The summed E-state index contributed by atoms with van der Waals surface area (Å²) in [4.78, 5) is 12.7. The number of carbonyl (C=O) groups excluding carboxylic acids is 1. The van der Waals surface area contributed by atoms with E-state index in [-0.39, 0.29) is 10.8 Å². The summed E-state index contributed by atoms with van der Waals surface area (Å²) in [7, 11) is -3.76. The normalized spacial score (nSPS) is 12.1. The smallest absolute Gasteiger partial charge is 0.265 e. The van der Waals surface area contributed by atoms with E-state index in [1.807, 2.05) is 32.9 Å². The van der Waals surface area contributed by atoms with Gasteiger partial charge < -0.3 is 10.1 Å². The highest BCUT2D eigenvalue weighted by Crippen LogP contribution is 2.23. The van der Waals surface area contributed by atoms with E-state index in [4.69, 9.17) is 16.3 Å². The zero-order valence-corrected chi connectivity index (χ0v) is 19.6. The van der Waals surface area contributed by atoms with E-state index in [9.17, 15) is 13.2 Å². The number of anilines is 2. The quantitative estimate of drug-likeness (QED) is 0.450. The lowest BCUT2D eigenvalue weighted by atomic mass is 10.1. The summed E-state index contributed by atoms with van der Waals surface area (Å²) >= 11 is 5.87. The first-order valence-corrected chi connectivity index (χ1v) is 12.0. The van der Waals surface area contributed by atoms with Crippen molar-refractivity contribution in [3.05, 3.63) is 82.9 Å². The summed E-state index contributed by atoms with van der Waals surface area (Å²) in [6, 6.07) is 18.3. The van der Waals surface area contributed by atoms with Crippen molar-refractivity contribution in [1.29, 1.82) is 0 Å². The minimum atomic E-state index is -3.76. The van der Waals surface area contributed by atoms with Gasteiger partial charge in [-0.2, -0.15) is 0 Å². The molecule has 0 heterocycles. The number of carbonyl (C=O) groups is 1. The van der Waals surface area contributed by atoms with Gasteiger partial charge in [-0.3, -0.25) is 9.52 Å². The molecule has 0 unspecified atom stereocenters. The molecule has 1 atom stereocenters. The molecule has 2 N–H and O–H groups in total. The first-order valence-electron chi connectivity index (χ1n) is 10.1. The van der Waals surface area contributed by atoms with Gasteiger partial charge in [-0.25, -0.2) is 8.42 Å². The molecule has 0 fully saturated rings. The number of halogens is 1. The monoisotopic (exact) mass is 472 g/mol. The van der Waals surface area contributed by atoms with Crippen molar-refractivity contribution in [2.24, 2.45) is 0 Å². The molecule has 3 aromatic rings. The molecule has 6 nitrogen and oxygen atoms in total. The Kier molecular flexibility index (Phi) is 7.43. The molecule has 0 aromatic heterocycles. The van der Waals surface area contributed by atoms with Gasteiger partial charge in [-0.05, 0) is 86.0 Å². The lowest BCUT2D eigenvalue weighted by Gasteiger charge is -2.17. The van der Waals surface area contributed by atoms with Gasteiger partial charge >= 0.3 is 0 Å². The summed E-state index contributed by atoms with van der Waals surface area (Å²) in [6.07, 6.45) is -0.244. The van der Waals surface area contributed by atoms with Crippen LogP contribution in [0.1, 0.15) is 24.5 Å². The second-order valence-corrected chi connectivity index (χ2v) is 9.53. The van der Waals surface area contributed by atoms with E-state index in [0.717, 1.165) is 11.1 Å². The molecule has 32 heavy (non-hydrogen) atoms. The highest BCUT2D eigenvalue weighted by molar-refractivity contribution is 7.92. The van der Waals surface area contributed by atoms with Crippen LogP contribution in [-0.4, -0.2) is 20.4 Å². The predicted molar refractivity (Wildman–Crippen MR) is 128 cm³/mol. The van der Waals surface area contributed by atoms with Crippen molar-refractivity contribution < 1.29 is 17.9 Å². The molecule has 168 valence electrons. The molecule has 8 heteroatoms. The van der Waals surface area contributed by atoms with Gasteiger partial charge in [0.05, 0.1) is 10.6 Å². The van der Waals surface area contributed by atoms with Crippen molar-refractivity contribution in [2.75, 3.05) is 10.0 Å². The molecule has 0 aliphatic carbocycles. The number of amides is 1. The SMILES string of the molecule is CC[C@H](Oc1ccc(Cl)cc1)C(=O)Nc1ccc(S(=O)(=O)Nc2cc(C)ccc2C)cc1. The Bertz CT molecular complexity index is 1190. The maximum atomic E-state index is 12.8. The zero-order valence-electron chi connectivity index (χ0n) is 18.1. The second kappa shape index (κ2) is 10.1. The fourth-order valence-corrected chi connectivity index (χ4v) is 4.24. The van der Waals surface area contributed by atoms with Crippen LogP contribution in [0.3, 0.4) is 0 Å². The van der Waals surface area contributed by atoms with E-state index in [0.29, 0.717) is 28.6 Å². The molecule has 3 rings (SSSR count). The molecule has 0 saturated heterocycles. The van der Waals surface area contributed by atoms with Crippen LogP contribution >= 0.6 is 11.6 Å². The fraction of sp³-hybridized carbons (Fsp3) is 0.208. The van der Waals surface area contributed by atoms with Gasteiger partial charge in [0, 0.05) is 10.7 Å². The summed E-state index contributed by atoms with van der Waals surface area (Å²) < 4.78 is 33.9. The first kappa shape index (κ1) is 23.6. The number of sulfonamides is 1. The Balaban J connectivity index is 1.68. The number of hydrogen-bond acceptors (Lipinski definition) is 4. The van der Waals surface area contributed by atoms with Crippen LogP contribution in [0.5, 0.6) is 5.75 Å². The Hall–Kier alpha value is -3.03. The van der Waals surface area contributed by atoms with Crippen LogP contribution in [-0.2, 0) is 14.8 Å².